The maximum absolute atomic E-state index is 12.9. The maximum Gasteiger partial charge on any atom is 0.251 e. The van der Waals surface area contributed by atoms with Crippen LogP contribution >= 0.6 is 0 Å². The molecule has 0 saturated carbocycles. The molecule has 3 nitrogen and oxygen atoms in total. The monoisotopic (exact) mass is 261 g/mol. The van der Waals surface area contributed by atoms with Crippen molar-refractivity contribution in [1.82, 2.24) is 5.32 Å². The molecule has 0 fully saturated rings. The number of hydrogen-bond donors (Lipinski definition) is 2. The molecule has 1 aromatic carbocycles. The van der Waals surface area contributed by atoms with E-state index >= 15 is 0 Å². The van der Waals surface area contributed by atoms with Gasteiger partial charge in [-0.05, 0) is 31.9 Å². The lowest BCUT2D eigenvalue weighted by atomic mass is 10.1. The van der Waals surface area contributed by atoms with Crippen molar-refractivity contribution in [2.24, 2.45) is 0 Å². The number of benzene rings is 1. The number of rotatable bonds is 5. The summed E-state index contributed by atoms with van der Waals surface area (Å²) in [6.45, 7) is 1.70. The van der Waals surface area contributed by atoms with E-state index in [9.17, 15) is 18.0 Å². The summed E-state index contributed by atoms with van der Waals surface area (Å²) in [5.74, 6) is -5.08. The molecule has 0 aliphatic carbocycles. The normalized spacial score (nSPS) is 12.3. The maximum atomic E-state index is 12.9. The van der Waals surface area contributed by atoms with Crippen LogP contribution in [0.3, 0.4) is 0 Å². The fourth-order valence-corrected chi connectivity index (χ4v) is 1.46. The number of carbonyl (C=O) groups is 1. The largest absolute Gasteiger partial charge is 0.396 e. The van der Waals surface area contributed by atoms with Gasteiger partial charge in [0.05, 0.1) is 0 Å². The van der Waals surface area contributed by atoms with E-state index in [1.807, 2.05) is 0 Å². The topological polar surface area (TPSA) is 49.3 Å². The Balaban J connectivity index is 2.73. The molecule has 1 amide bonds. The number of hydrogen-bond acceptors (Lipinski definition) is 2. The van der Waals surface area contributed by atoms with Crippen LogP contribution in [-0.4, -0.2) is 23.7 Å². The Morgan fingerprint density at radius 3 is 2.39 bits per heavy atom. The smallest absolute Gasteiger partial charge is 0.251 e. The van der Waals surface area contributed by atoms with E-state index in [1.165, 1.54) is 0 Å². The molecular formula is C12H14F3NO2. The minimum Gasteiger partial charge on any atom is -0.396 e. The van der Waals surface area contributed by atoms with Gasteiger partial charge in [-0.3, -0.25) is 4.79 Å². The van der Waals surface area contributed by atoms with Crippen molar-refractivity contribution in [1.29, 1.82) is 0 Å². The number of halogens is 3. The predicted molar refractivity (Wildman–Crippen MR) is 59.6 cm³/mol. The lowest BCUT2D eigenvalue weighted by Gasteiger charge is -2.13. The van der Waals surface area contributed by atoms with Gasteiger partial charge >= 0.3 is 0 Å². The second-order valence-electron chi connectivity index (χ2n) is 3.99. The highest BCUT2D eigenvalue weighted by molar-refractivity contribution is 5.94. The summed E-state index contributed by atoms with van der Waals surface area (Å²) in [5.41, 5.74) is -0.276. The van der Waals surface area contributed by atoms with Crippen LogP contribution < -0.4 is 5.32 Å². The molecular weight excluding hydrogens is 247 g/mol. The van der Waals surface area contributed by atoms with Gasteiger partial charge in [-0.1, -0.05) is 0 Å². The number of nitrogens with one attached hydrogen (secondary N) is 1. The van der Waals surface area contributed by atoms with Crippen molar-refractivity contribution in [2.45, 2.75) is 25.8 Å². The molecule has 18 heavy (non-hydrogen) atoms. The Labute approximate surface area is 103 Å². The molecule has 0 bridgehead atoms. The molecule has 1 atom stereocenters. The molecule has 1 rings (SSSR count). The van der Waals surface area contributed by atoms with Crippen molar-refractivity contribution < 1.29 is 23.1 Å². The summed E-state index contributed by atoms with van der Waals surface area (Å²) in [6, 6.07) is 1.04. The van der Waals surface area contributed by atoms with Crippen LogP contribution in [0.15, 0.2) is 12.1 Å². The zero-order valence-corrected chi connectivity index (χ0v) is 9.84. The Kier molecular flexibility index (Phi) is 5.15. The summed E-state index contributed by atoms with van der Waals surface area (Å²) in [6.07, 6.45) is 1.04. The van der Waals surface area contributed by atoms with Gasteiger partial charge in [0.15, 0.2) is 17.5 Å². The summed E-state index contributed by atoms with van der Waals surface area (Å²) < 4.78 is 38.5. The first-order valence-corrected chi connectivity index (χ1v) is 5.52. The summed E-state index contributed by atoms with van der Waals surface area (Å²) in [7, 11) is 0. The van der Waals surface area contributed by atoms with Gasteiger partial charge in [-0.25, -0.2) is 13.2 Å². The predicted octanol–water partition coefficient (Wildman–Crippen LogP) is 1.99. The third-order valence-corrected chi connectivity index (χ3v) is 2.42. The number of carbonyl (C=O) groups excluding carboxylic acids is 1. The van der Waals surface area contributed by atoms with E-state index in [1.54, 1.807) is 6.92 Å². The van der Waals surface area contributed by atoms with Crippen LogP contribution in [0.25, 0.3) is 0 Å². The standard InChI is InChI=1S/C12H14F3NO2/c1-7(3-2-4-17)16-12(18)8-5-9(13)11(15)10(14)6-8/h5-7,17H,2-4H2,1H3,(H,16,18). The van der Waals surface area contributed by atoms with E-state index in [4.69, 9.17) is 5.11 Å². The van der Waals surface area contributed by atoms with Crippen molar-refractivity contribution >= 4 is 5.91 Å². The van der Waals surface area contributed by atoms with E-state index in [0.29, 0.717) is 25.0 Å². The first-order valence-electron chi connectivity index (χ1n) is 5.52. The third-order valence-electron chi connectivity index (χ3n) is 2.42. The second kappa shape index (κ2) is 6.39. The van der Waals surface area contributed by atoms with Gasteiger partial charge < -0.3 is 10.4 Å². The molecule has 0 heterocycles. The van der Waals surface area contributed by atoms with Crippen LogP contribution in [0.2, 0.25) is 0 Å². The lowest BCUT2D eigenvalue weighted by Crippen LogP contribution is -2.32. The van der Waals surface area contributed by atoms with Crippen molar-refractivity contribution in [3.63, 3.8) is 0 Å². The van der Waals surface area contributed by atoms with Gasteiger partial charge in [0.25, 0.3) is 5.91 Å². The Morgan fingerprint density at radius 2 is 1.89 bits per heavy atom. The van der Waals surface area contributed by atoms with Crippen LogP contribution in [-0.2, 0) is 0 Å². The summed E-state index contributed by atoms with van der Waals surface area (Å²) >= 11 is 0. The van der Waals surface area contributed by atoms with Crippen molar-refractivity contribution in [3.8, 4) is 0 Å². The molecule has 100 valence electrons. The van der Waals surface area contributed by atoms with Gasteiger partial charge in [-0.15, -0.1) is 0 Å². The lowest BCUT2D eigenvalue weighted by molar-refractivity contribution is 0.0935. The molecule has 2 N–H and O–H groups in total. The van der Waals surface area contributed by atoms with Crippen LogP contribution in [0.4, 0.5) is 13.2 Å². The average Bonchev–Trinajstić information content (AvgIpc) is 2.32. The number of aliphatic hydroxyl groups is 1. The Hall–Kier alpha value is -1.56. The van der Waals surface area contributed by atoms with Crippen molar-refractivity contribution in [3.05, 3.63) is 35.1 Å². The molecule has 1 unspecified atom stereocenters. The van der Waals surface area contributed by atoms with Crippen LogP contribution in [0, 0.1) is 17.5 Å². The van der Waals surface area contributed by atoms with Gasteiger partial charge in [-0.2, -0.15) is 0 Å². The van der Waals surface area contributed by atoms with Gasteiger partial charge in [0.2, 0.25) is 0 Å². The van der Waals surface area contributed by atoms with E-state index in [-0.39, 0.29) is 18.2 Å². The number of amides is 1. The molecule has 0 radical (unpaired) electrons. The zero-order chi connectivity index (χ0) is 13.7. The summed E-state index contributed by atoms with van der Waals surface area (Å²) in [4.78, 5) is 11.6. The van der Waals surface area contributed by atoms with E-state index in [0.717, 1.165) is 0 Å². The van der Waals surface area contributed by atoms with Crippen LogP contribution in [0.1, 0.15) is 30.1 Å². The fraction of sp³-hybridized carbons (Fsp3) is 0.417. The molecule has 6 heteroatoms. The highest BCUT2D eigenvalue weighted by atomic mass is 19.2. The molecule has 0 spiro atoms. The highest BCUT2D eigenvalue weighted by Gasteiger charge is 2.16. The second-order valence-corrected chi connectivity index (χ2v) is 3.99. The quantitative estimate of drug-likeness (QED) is 0.796. The van der Waals surface area contributed by atoms with Gasteiger partial charge in [0, 0.05) is 18.2 Å². The molecule has 0 aliphatic heterocycles. The average molecular weight is 261 g/mol. The molecule has 0 aromatic heterocycles. The van der Waals surface area contributed by atoms with Crippen LogP contribution in [0.5, 0.6) is 0 Å². The van der Waals surface area contributed by atoms with E-state index in [2.05, 4.69) is 5.32 Å². The third kappa shape index (κ3) is 3.73. The van der Waals surface area contributed by atoms with E-state index < -0.39 is 23.4 Å². The minimum atomic E-state index is -1.60. The summed E-state index contributed by atoms with van der Waals surface area (Å²) in [5, 5.41) is 11.1. The first kappa shape index (κ1) is 14.5. The molecule has 0 saturated heterocycles. The highest BCUT2D eigenvalue weighted by Crippen LogP contribution is 2.13. The number of aliphatic hydroxyl groups excluding tert-OH is 1. The Bertz CT molecular complexity index is 414. The van der Waals surface area contributed by atoms with Gasteiger partial charge in [0.1, 0.15) is 0 Å². The molecule has 0 aliphatic rings. The fourth-order valence-electron chi connectivity index (χ4n) is 1.46. The SMILES string of the molecule is CC(CCCO)NC(=O)c1cc(F)c(F)c(F)c1. The zero-order valence-electron chi connectivity index (χ0n) is 9.84. The minimum absolute atomic E-state index is 0.0000149. The Morgan fingerprint density at radius 1 is 1.33 bits per heavy atom. The first-order chi connectivity index (χ1) is 8.45. The molecule has 1 aromatic rings. The van der Waals surface area contributed by atoms with Crippen molar-refractivity contribution in [2.75, 3.05) is 6.61 Å².